The number of rotatable bonds is 4. The van der Waals surface area contributed by atoms with Gasteiger partial charge in [0.2, 0.25) is 10.0 Å². The number of hydrogen-bond acceptors (Lipinski definition) is 2. The van der Waals surface area contributed by atoms with Gasteiger partial charge in [-0.05, 0) is 25.3 Å². The van der Waals surface area contributed by atoms with Crippen molar-refractivity contribution >= 4 is 10.0 Å². The normalized spacial score (nSPS) is 18.2. The molecule has 0 aliphatic heterocycles. The van der Waals surface area contributed by atoms with Gasteiger partial charge in [-0.25, -0.2) is 13.1 Å². The molecule has 19 heavy (non-hydrogen) atoms. The molecule has 0 spiro atoms. The first-order chi connectivity index (χ1) is 9.05. The Morgan fingerprint density at radius 3 is 2.21 bits per heavy atom. The fourth-order valence-corrected chi connectivity index (χ4v) is 4.05. The van der Waals surface area contributed by atoms with E-state index in [1.165, 1.54) is 12.8 Å². The van der Waals surface area contributed by atoms with E-state index < -0.39 is 10.0 Å². The van der Waals surface area contributed by atoms with Crippen LogP contribution in [0.1, 0.15) is 49.7 Å². The van der Waals surface area contributed by atoms with Crippen LogP contribution >= 0.6 is 0 Å². The van der Waals surface area contributed by atoms with Crippen LogP contribution in [0.2, 0.25) is 0 Å². The maximum atomic E-state index is 12.2. The maximum absolute atomic E-state index is 12.2. The van der Waals surface area contributed by atoms with Gasteiger partial charge in [0.1, 0.15) is 0 Å². The predicted molar refractivity (Wildman–Crippen MR) is 78.4 cm³/mol. The second kappa shape index (κ2) is 6.53. The van der Waals surface area contributed by atoms with E-state index in [9.17, 15) is 8.42 Å². The second-order valence-corrected chi connectivity index (χ2v) is 7.30. The molecule has 0 atom stereocenters. The van der Waals surface area contributed by atoms with E-state index in [0.29, 0.717) is 0 Å². The van der Waals surface area contributed by atoms with E-state index in [0.717, 1.165) is 36.8 Å². The van der Waals surface area contributed by atoms with Gasteiger partial charge in [-0.1, -0.05) is 55.5 Å². The Morgan fingerprint density at radius 1 is 1.05 bits per heavy atom. The van der Waals surface area contributed by atoms with Crippen LogP contribution in [0.5, 0.6) is 0 Å². The monoisotopic (exact) mass is 281 g/mol. The molecule has 0 saturated heterocycles. The summed E-state index contributed by atoms with van der Waals surface area (Å²) in [5.74, 6) is 0.0871. The highest BCUT2D eigenvalue weighted by atomic mass is 32.2. The van der Waals surface area contributed by atoms with Crippen LogP contribution in [-0.2, 0) is 15.8 Å². The zero-order valence-corrected chi connectivity index (χ0v) is 12.4. The van der Waals surface area contributed by atoms with Crippen LogP contribution in [0.3, 0.4) is 0 Å². The molecular formula is C15H23NO2S. The molecule has 1 N–H and O–H groups in total. The summed E-state index contributed by atoms with van der Waals surface area (Å²) in [5, 5.41) is 0. The molecule has 0 aromatic heterocycles. The number of hydrogen-bond donors (Lipinski definition) is 1. The molecule has 1 aliphatic rings. The largest absolute Gasteiger partial charge is 0.216 e. The Kier molecular flexibility index (Phi) is 4.99. The topological polar surface area (TPSA) is 46.2 Å². The number of benzene rings is 1. The molecule has 0 bridgehead atoms. The molecular weight excluding hydrogens is 258 g/mol. The molecule has 1 aromatic carbocycles. The number of sulfonamides is 1. The zero-order chi connectivity index (χ0) is 13.7. The Hall–Kier alpha value is -0.870. The van der Waals surface area contributed by atoms with Gasteiger partial charge in [-0.3, -0.25) is 0 Å². The van der Waals surface area contributed by atoms with Crippen molar-refractivity contribution in [3.8, 4) is 0 Å². The molecule has 0 unspecified atom stereocenters. The molecule has 1 saturated carbocycles. The fraction of sp³-hybridized carbons (Fsp3) is 0.600. The first kappa shape index (κ1) is 14.5. The van der Waals surface area contributed by atoms with Crippen molar-refractivity contribution in [2.75, 3.05) is 0 Å². The third kappa shape index (κ3) is 4.96. The minimum Gasteiger partial charge on any atom is -0.212 e. The van der Waals surface area contributed by atoms with Crippen LogP contribution in [0, 0.1) is 6.92 Å². The van der Waals surface area contributed by atoms with Gasteiger partial charge >= 0.3 is 0 Å². The first-order valence-corrected chi connectivity index (χ1v) is 8.76. The predicted octanol–water partition coefficient (Wildman–Crippen LogP) is 3.14. The van der Waals surface area contributed by atoms with E-state index in [1.807, 2.05) is 31.2 Å². The van der Waals surface area contributed by atoms with Crippen LogP contribution in [0.4, 0.5) is 0 Å². The summed E-state index contributed by atoms with van der Waals surface area (Å²) in [6.07, 6.45) is 6.70. The lowest BCUT2D eigenvalue weighted by Crippen LogP contribution is -2.35. The summed E-state index contributed by atoms with van der Waals surface area (Å²) in [5.41, 5.74) is 2.00. The van der Waals surface area contributed by atoms with Gasteiger partial charge in [0.15, 0.2) is 0 Å². The van der Waals surface area contributed by atoms with Crippen molar-refractivity contribution in [2.45, 2.75) is 57.2 Å². The van der Waals surface area contributed by atoms with E-state index in [-0.39, 0.29) is 11.8 Å². The van der Waals surface area contributed by atoms with E-state index in [4.69, 9.17) is 0 Å². The van der Waals surface area contributed by atoms with Crippen LogP contribution in [-0.4, -0.2) is 14.5 Å². The van der Waals surface area contributed by atoms with Gasteiger partial charge in [-0.15, -0.1) is 0 Å². The molecule has 1 fully saturated rings. The Balaban J connectivity index is 1.95. The van der Waals surface area contributed by atoms with Crippen molar-refractivity contribution in [2.24, 2.45) is 0 Å². The number of nitrogens with one attached hydrogen (secondary N) is 1. The van der Waals surface area contributed by atoms with Gasteiger partial charge in [0.25, 0.3) is 0 Å². The van der Waals surface area contributed by atoms with Crippen molar-refractivity contribution in [3.63, 3.8) is 0 Å². The summed E-state index contributed by atoms with van der Waals surface area (Å²) in [6.45, 7) is 2.00. The standard InChI is InChI=1S/C15H23NO2S/c1-13-8-10-14(11-9-13)12-19(17,18)16-15-6-4-2-3-5-7-15/h8-11,15-16H,2-7,12H2,1H3. The summed E-state index contributed by atoms with van der Waals surface area (Å²) < 4.78 is 27.2. The lowest BCUT2D eigenvalue weighted by Gasteiger charge is -2.16. The highest BCUT2D eigenvalue weighted by molar-refractivity contribution is 7.88. The van der Waals surface area contributed by atoms with E-state index >= 15 is 0 Å². The van der Waals surface area contributed by atoms with Crippen LogP contribution in [0.15, 0.2) is 24.3 Å². The fourth-order valence-electron chi connectivity index (χ4n) is 2.60. The highest BCUT2D eigenvalue weighted by Gasteiger charge is 2.19. The van der Waals surface area contributed by atoms with Gasteiger partial charge in [0, 0.05) is 6.04 Å². The van der Waals surface area contributed by atoms with Crippen molar-refractivity contribution in [1.82, 2.24) is 4.72 Å². The maximum Gasteiger partial charge on any atom is 0.216 e. The Morgan fingerprint density at radius 2 is 1.63 bits per heavy atom. The Bertz CT molecular complexity index is 485. The summed E-state index contributed by atoms with van der Waals surface area (Å²) in [7, 11) is -3.21. The first-order valence-electron chi connectivity index (χ1n) is 7.11. The van der Waals surface area contributed by atoms with E-state index in [2.05, 4.69) is 4.72 Å². The summed E-state index contributed by atoms with van der Waals surface area (Å²) in [4.78, 5) is 0. The molecule has 1 aliphatic carbocycles. The molecule has 2 rings (SSSR count). The molecule has 4 heteroatoms. The van der Waals surface area contributed by atoms with Gasteiger partial charge in [-0.2, -0.15) is 0 Å². The highest BCUT2D eigenvalue weighted by Crippen LogP contribution is 2.18. The van der Waals surface area contributed by atoms with Crippen molar-refractivity contribution < 1.29 is 8.42 Å². The zero-order valence-electron chi connectivity index (χ0n) is 11.6. The van der Waals surface area contributed by atoms with Crippen LogP contribution in [0.25, 0.3) is 0 Å². The number of aryl methyl sites for hydroxylation is 1. The molecule has 0 radical (unpaired) electrons. The lowest BCUT2D eigenvalue weighted by atomic mass is 10.1. The minimum atomic E-state index is -3.21. The molecule has 0 amide bonds. The summed E-state index contributed by atoms with van der Waals surface area (Å²) >= 11 is 0. The molecule has 0 heterocycles. The average molecular weight is 281 g/mol. The second-order valence-electron chi connectivity index (χ2n) is 5.55. The van der Waals surface area contributed by atoms with Crippen molar-refractivity contribution in [3.05, 3.63) is 35.4 Å². The van der Waals surface area contributed by atoms with Gasteiger partial charge in [0.05, 0.1) is 5.75 Å². The Labute approximate surface area is 116 Å². The van der Waals surface area contributed by atoms with Crippen LogP contribution < -0.4 is 4.72 Å². The third-order valence-corrected chi connectivity index (χ3v) is 5.08. The molecule has 3 nitrogen and oxygen atoms in total. The van der Waals surface area contributed by atoms with Gasteiger partial charge < -0.3 is 0 Å². The molecule has 1 aromatic rings. The smallest absolute Gasteiger partial charge is 0.212 e. The van der Waals surface area contributed by atoms with E-state index in [1.54, 1.807) is 0 Å². The lowest BCUT2D eigenvalue weighted by molar-refractivity contribution is 0.509. The van der Waals surface area contributed by atoms with Crippen molar-refractivity contribution in [1.29, 1.82) is 0 Å². The average Bonchev–Trinajstić information content (AvgIpc) is 2.60. The SMILES string of the molecule is Cc1ccc(CS(=O)(=O)NC2CCCCCC2)cc1. The third-order valence-electron chi connectivity index (χ3n) is 3.68. The molecule has 106 valence electrons. The summed E-state index contributed by atoms with van der Waals surface area (Å²) in [6, 6.07) is 7.83. The quantitative estimate of drug-likeness (QED) is 0.862. The minimum absolute atomic E-state index is 0.0871.